The summed E-state index contributed by atoms with van der Waals surface area (Å²) in [7, 11) is 1.11. The summed E-state index contributed by atoms with van der Waals surface area (Å²) in [4.78, 5) is 37.7. The predicted octanol–water partition coefficient (Wildman–Crippen LogP) is 17.1. The van der Waals surface area contributed by atoms with E-state index < -0.39 is 32.5 Å². The number of unbranched alkanes of at least 4 members (excludes halogenated alkanes) is 9. The van der Waals surface area contributed by atoms with Gasteiger partial charge in [0, 0.05) is 12.8 Å². The molecule has 416 valence electrons. The third-order valence-electron chi connectivity index (χ3n) is 11.0. The third kappa shape index (κ3) is 56.9. The van der Waals surface area contributed by atoms with Crippen molar-refractivity contribution in [1.29, 1.82) is 0 Å². The van der Waals surface area contributed by atoms with E-state index >= 15 is 0 Å². The number of rotatable bonds is 49. The molecule has 0 aromatic rings. The Morgan fingerprint density at radius 1 is 0.432 bits per heavy atom. The van der Waals surface area contributed by atoms with Gasteiger partial charge in [-0.15, -0.1) is 0 Å². The molecule has 0 heterocycles. The predicted molar refractivity (Wildman–Crippen MR) is 313 cm³/mol. The largest absolute Gasteiger partial charge is 0.756 e. The maximum Gasteiger partial charge on any atom is 0.306 e. The number of hydrogen-bond acceptors (Lipinski definition) is 8. The molecule has 0 aliphatic heterocycles. The number of carbonyl (C=O) groups excluding carboxylic acids is 2. The van der Waals surface area contributed by atoms with E-state index in [1.807, 2.05) is 21.1 Å². The van der Waals surface area contributed by atoms with Crippen LogP contribution in [0.25, 0.3) is 0 Å². The van der Waals surface area contributed by atoms with Crippen LogP contribution in [0.5, 0.6) is 0 Å². The minimum atomic E-state index is -4.66. The highest BCUT2D eigenvalue weighted by Crippen LogP contribution is 2.38. The Morgan fingerprint density at radius 2 is 0.770 bits per heavy atom. The summed E-state index contributed by atoms with van der Waals surface area (Å²) in [6.45, 7) is 3.96. The summed E-state index contributed by atoms with van der Waals surface area (Å²) < 4.78 is 34.0. The molecule has 0 aromatic carbocycles. The van der Waals surface area contributed by atoms with E-state index in [0.717, 1.165) is 135 Å². The minimum absolute atomic E-state index is 0.0492. The molecular weight excluding hydrogens is 942 g/mol. The molecule has 0 amide bonds. The van der Waals surface area contributed by atoms with Crippen molar-refractivity contribution in [3.63, 3.8) is 0 Å². The van der Waals surface area contributed by atoms with Crippen molar-refractivity contribution < 1.29 is 42.1 Å². The van der Waals surface area contributed by atoms with Gasteiger partial charge in [-0.25, -0.2) is 0 Å². The third-order valence-corrected chi connectivity index (χ3v) is 12.0. The Morgan fingerprint density at radius 3 is 1.16 bits per heavy atom. The van der Waals surface area contributed by atoms with Gasteiger partial charge in [-0.2, -0.15) is 0 Å². The Balaban J connectivity index is 4.26. The zero-order valence-corrected chi connectivity index (χ0v) is 47.9. The van der Waals surface area contributed by atoms with Gasteiger partial charge in [0.05, 0.1) is 27.7 Å². The van der Waals surface area contributed by atoms with E-state index in [1.165, 1.54) is 6.42 Å². The molecule has 10 heteroatoms. The van der Waals surface area contributed by atoms with Gasteiger partial charge >= 0.3 is 11.9 Å². The van der Waals surface area contributed by atoms with Crippen LogP contribution >= 0.6 is 7.82 Å². The van der Waals surface area contributed by atoms with Crippen molar-refractivity contribution in [2.45, 2.75) is 187 Å². The molecule has 0 aliphatic rings. The smallest absolute Gasteiger partial charge is 0.306 e. The topological polar surface area (TPSA) is 111 Å². The first-order chi connectivity index (χ1) is 36.0. The highest BCUT2D eigenvalue weighted by Gasteiger charge is 2.21. The van der Waals surface area contributed by atoms with Crippen molar-refractivity contribution in [1.82, 2.24) is 0 Å². The number of likely N-dealkylation sites (N-methyl/N-ethyl adjacent to an activating group) is 1. The van der Waals surface area contributed by atoms with Crippen LogP contribution in [0.3, 0.4) is 0 Å². The van der Waals surface area contributed by atoms with Crippen LogP contribution < -0.4 is 4.89 Å². The van der Waals surface area contributed by atoms with Crippen LogP contribution in [-0.2, 0) is 32.7 Å². The second-order valence-electron chi connectivity index (χ2n) is 19.2. The second kappa shape index (κ2) is 53.5. The van der Waals surface area contributed by atoms with Crippen LogP contribution in [0.4, 0.5) is 0 Å². The summed E-state index contributed by atoms with van der Waals surface area (Å²) >= 11 is 0. The number of carbonyl (C=O) groups is 2. The Bertz CT molecular complexity index is 1800. The zero-order valence-electron chi connectivity index (χ0n) is 47.0. The van der Waals surface area contributed by atoms with E-state index in [0.29, 0.717) is 23.9 Å². The molecule has 0 saturated carbocycles. The quantitative estimate of drug-likeness (QED) is 0.0195. The fourth-order valence-electron chi connectivity index (χ4n) is 6.70. The van der Waals surface area contributed by atoms with Gasteiger partial charge in [-0.05, 0) is 122 Å². The number of quaternary nitrogens is 1. The monoisotopic (exact) mass is 1040 g/mol. The average Bonchev–Trinajstić information content (AvgIpc) is 3.36. The molecule has 0 aromatic heterocycles. The molecule has 9 nitrogen and oxygen atoms in total. The van der Waals surface area contributed by atoms with E-state index in [4.69, 9.17) is 18.5 Å². The van der Waals surface area contributed by atoms with Crippen molar-refractivity contribution in [2.24, 2.45) is 0 Å². The maximum absolute atomic E-state index is 12.8. The molecule has 2 atom stereocenters. The number of phosphoric ester groups is 1. The number of ether oxygens (including phenoxy) is 2. The lowest BCUT2D eigenvalue weighted by Gasteiger charge is -2.28. The van der Waals surface area contributed by atoms with Gasteiger partial charge < -0.3 is 27.9 Å². The summed E-state index contributed by atoms with van der Waals surface area (Å²) in [5.41, 5.74) is 0. The molecule has 2 unspecified atom stereocenters. The molecule has 0 radical (unpaired) electrons. The molecular formula is C64H102NO8P. The first-order valence-corrected chi connectivity index (χ1v) is 29.7. The van der Waals surface area contributed by atoms with Crippen molar-refractivity contribution in [3.8, 4) is 0 Å². The van der Waals surface area contributed by atoms with E-state index in [1.54, 1.807) is 0 Å². The van der Waals surface area contributed by atoms with Gasteiger partial charge in [0.25, 0.3) is 7.82 Å². The van der Waals surface area contributed by atoms with Crippen LogP contribution in [0.15, 0.2) is 158 Å². The molecule has 74 heavy (non-hydrogen) atoms. The number of esters is 2. The fraction of sp³-hybridized carbons (Fsp3) is 0.562. The number of nitrogens with zero attached hydrogens (tertiary/aromatic N) is 1. The van der Waals surface area contributed by atoms with E-state index in [2.05, 4.69) is 172 Å². The average molecular weight is 1040 g/mol. The van der Waals surface area contributed by atoms with Crippen LogP contribution in [0.2, 0.25) is 0 Å². The molecule has 0 rings (SSSR count). The molecule has 0 fully saturated rings. The van der Waals surface area contributed by atoms with Crippen LogP contribution in [0.1, 0.15) is 181 Å². The Hall–Kier alpha value is -4.37. The Labute approximate surface area is 452 Å². The maximum atomic E-state index is 12.8. The molecule has 0 spiro atoms. The summed E-state index contributed by atoms with van der Waals surface area (Å²) in [5.74, 6) is -0.905. The highest BCUT2D eigenvalue weighted by atomic mass is 31.2. The fourth-order valence-corrected chi connectivity index (χ4v) is 7.42. The van der Waals surface area contributed by atoms with E-state index in [-0.39, 0.29) is 26.1 Å². The first-order valence-electron chi connectivity index (χ1n) is 28.2. The minimum Gasteiger partial charge on any atom is -0.756 e. The summed E-state index contributed by atoms with van der Waals surface area (Å²) in [6.07, 6.45) is 80.1. The number of phosphoric acid groups is 1. The van der Waals surface area contributed by atoms with Crippen molar-refractivity contribution >= 4 is 19.8 Å². The molecule has 0 aliphatic carbocycles. The molecule has 0 saturated heterocycles. The number of allylic oxidation sites excluding steroid dienone is 26. The molecule has 0 bridgehead atoms. The van der Waals surface area contributed by atoms with Gasteiger partial charge in [-0.1, -0.05) is 204 Å². The SMILES string of the molecule is CC/C=C\C/C=C\C/C=C\C/C=C\C/C=C\C/C=C\C/C=C\C/C=C\C/C=C\C/C=C\C/C=C\CCCCCC(=O)OC(COC(=O)CCCCCCC/C=C\C/C=C\CCC)COP(=O)([O-])OCC[N+](C)(C)C. The zero-order chi connectivity index (χ0) is 54.2. The van der Waals surface area contributed by atoms with Crippen molar-refractivity contribution in [3.05, 3.63) is 158 Å². The first kappa shape index (κ1) is 69.6. The van der Waals surface area contributed by atoms with Crippen LogP contribution in [-0.4, -0.2) is 70.0 Å². The van der Waals surface area contributed by atoms with Crippen LogP contribution in [0, 0.1) is 0 Å². The standard InChI is InChI=1S/C64H102NO8P/c1-6-8-10-12-14-16-18-20-21-22-23-24-25-26-27-28-29-30-31-32-33-34-35-36-37-38-39-40-41-42-43-45-47-49-51-53-55-57-64(67)73-62(61-72-74(68,69)71-59-58-65(3,4)5)60-70-63(66)56-54-52-50-48-46-44-19-17-15-13-11-9-7-2/h8,10-11,13-14,16-17,19-21,23-24,26-27,29-30,32-33,35-36,38-39,41-42,45,47,62H,6-7,9,12,15,18,22,25,28,31,34,37,40,43-44,46,48-61H2,1-5H3/b10-8-,13-11-,16-14-,19-17-,21-20-,24-23-,27-26-,30-29-,33-32-,36-35-,39-38-,42-41-,47-45-. The van der Waals surface area contributed by atoms with Gasteiger partial charge in [0.15, 0.2) is 6.10 Å². The van der Waals surface area contributed by atoms with Gasteiger partial charge in [0.2, 0.25) is 0 Å². The van der Waals surface area contributed by atoms with Gasteiger partial charge in [-0.3, -0.25) is 14.2 Å². The van der Waals surface area contributed by atoms with Gasteiger partial charge in [0.1, 0.15) is 19.8 Å². The molecule has 0 N–H and O–H groups in total. The Kier molecular flexibility index (Phi) is 50.3. The van der Waals surface area contributed by atoms with Crippen molar-refractivity contribution in [2.75, 3.05) is 47.5 Å². The second-order valence-corrected chi connectivity index (χ2v) is 20.6. The highest BCUT2D eigenvalue weighted by molar-refractivity contribution is 7.45. The normalized spacial score (nSPS) is 14.5. The summed E-state index contributed by atoms with van der Waals surface area (Å²) in [6, 6.07) is 0. The lowest BCUT2D eigenvalue weighted by atomic mass is 10.1. The lowest BCUT2D eigenvalue weighted by Crippen LogP contribution is -2.37. The lowest BCUT2D eigenvalue weighted by molar-refractivity contribution is -0.870. The number of hydrogen-bond donors (Lipinski definition) is 0. The van der Waals surface area contributed by atoms with E-state index in [9.17, 15) is 19.0 Å². The summed E-state index contributed by atoms with van der Waals surface area (Å²) in [5, 5.41) is 0.